The fourth-order valence-corrected chi connectivity index (χ4v) is 4.51. The summed E-state index contributed by atoms with van der Waals surface area (Å²) >= 11 is 0. The Bertz CT molecular complexity index is 835. The van der Waals surface area contributed by atoms with Gasteiger partial charge in [0.2, 0.25) is 0 Å². The van der Waals surface area contributed by atoms with Crippen molar-refractivity contribution in [3.05, 3.63) is 45.8 Å². The Morgan fingerprint density at radius 2 is 2.12 bits per heavy atom. The van der Waals surface area contributed by atoms with Crippen molar-refractivity contribution in [1.29, 1.82) is 0 Å². The molecule has 1 aromatic carbocycles. The third-order valence-corrected chi connectivity index (χ3v) is 5.69. The molecular formula is C20H22O4. The summed E-state index contributed by atoms with van der Waals surface area (Å²) < 4.78 is 10.7. The number of hydrogen-bond donors (Lipinski definition) is 0. The van der Waals surface area contributed by atoms with E-state index >= 15 is 0 Å². The average Bonchev–Trinajstić information content (AvgIpc) is 3.14. The molecule has 2 aliphatic carbocycles. The van der Waals surface area contributed by atoms with Gasteiger partial charge < -0.3 is 9.15 Å². The lowest BCUT2D eigenvalue weighted by atomic mass is 9.86. The van der Waals surface area contributed by atoms with E-state index in [1.54, 1.807) is 0 Å². The SMILES string of the molecule is Cc1ccc2c(COC(=O)C[C@H]3C[C@@H]4CC[C@@H]3C4)cc(=O)oc2c1. The predicted molar refractivity (Wildman–Crippen MR) is 90.6 cm³/mol. The second-order valence-corrected chi connectivity index (χ2v) is 7.39. The van der Waals surface area contributed by atoms with E-state index in [2.05, 4.69) is 0 Å². The van der Waals surface area contributed by atoms with Gasteiger partial charge in [-0.3, -0.25) is 4.79 Å². The normalized spacial score (nSPS) is 25.3. The van der Waals surface area contributed by atoms with Crippen LogP contribution in [0.25, 0.3) is 11.0 Å². The Labute approximate surface area is 140 Å². The molecule has 4 rings (SSSR count). The molecule has 0 unspecified atom stereocenters. The van der Waals surface area contributed by atoms with Crippen molar-refractivity contribution in [3.63, 3.8) is 0 Å². The second-order valence-electron chi connectivity index (χ2n) is 7.39. The van der Waals surface area contributed by atoms with Gasteiger partial charge in [0.1, 0.15) is 12.2 Å². The number of fused-ring (bicyclic) bond motifs is 3. The maximum atomic E-state index is 12.2. The molecule has 0 radical (unpaired) electrons. The second kappa shape index (κ2) is 6.08. The molecular weight excluding hydrogens is 304 g/mol. The highest BCUT2D eigenvalue weighted by atomic mass is 16.5. The van der Waals surface area contributed by atoms with Crippen LogP contribution in [0, 0.1) is 24.7 Å². The van der Waals surface area contributed by atoms with Crippen molar-refractivity contribution in [2.24, 2.45) is 17.8 Å². The van der Waals surface area contributed by atoms with Crippen molar-refractivity contribution in [1.82, 2.24) is 0 Å². The van der Waals surface area contributed by atoms with Crippen molar-refractivity contribution in [3.8, 4) is 0 Å². The van der Waals surface area contributed by atoms with Gasteiger partial charge in [-0.25, -0.2) is 4.79 Å². The largest absolute Gasteiger partial charge is 0.461 e. The minimum Gasteiger partial charge on any atom is -0.461 e. The molecule has 126 valence electrons. The number of ether oxygens (including phenoxy) is 1. The van der Waals surface area contributed by atoms with Crippen LogP contribution in [0.2, 0.25) is 0 Å². The van der Waals surface area contributed by atoms with Crippen LogP contribution in [0.4, 0.5) is 0 Å². The molecule has 0 amide bonds. The van der Waals surface area contributed by atoms with Crippen molar-refractivity contribution < 1.29 is 13.9 Å². The molecule has 2 bridgehead atoms. The molecule has 2 fully saturated rings. The predicted octanol–water partition coefficient (Wildman–Crippen LogP) is 3.97. The van der Waals surface area contributed by atoms with Gasteiger partial charge >= 0.3 is 11.6 Å². The number of carbonyl (C=O) groups is 1. The van der Waals surface area contributed by atoms with Gasteiger partial charge in [0, 0.05) is 23.4 Å². The first-order chi connectivity index (χ1) is 11.6. The zero-order valence-electron chi connectivity index (χ0n) is 13.9. The summed E-state index contributed by atoms with van der Waals surface area (Å²) in [5.41, 5.74) is 1.87. The summed E-state index contributed by atoms with van der Waals surface area (Å²) in [6, 6.07) is 7.12. The third kappa shape index (κ3) is 2.97. The number of hydrogen-bond acceptors (Lipinski definition) is 4. The van der Waals surface area contributed by atoms with E-state index < -0.39 is 5.63 Å². The van der Waals surface area contributed by atoms with Gasteiger partial charge in [-0.1, -0.05) is 18.6 Å². The number of esters is 1. The zero-order valence-corrected chi connectivity index (χ0v) is 13.9. The Morgan fingerprint density at radius 3 is 2.88 bits per heavy atom. The molecule has 3 atom stereocenters. The summed E-state index contributed by atoms with van der Waals surface area (Å²) in [7, 11) is 0. The number of rotatable bonds is 4. The molecule has 1 aromatic heterocycles. The summed E-state index contributed by atoms with van der Waals surface area (Å²) in [4.78, 5) is 23.9. The van der Waals surface area contributed by atoms with E-state index in [0.717, 1.165) is 22.8 Å². The lowest BCUT2D eigenvalue weighted by molar-refractivity contribution is -0.146. The fourth-order valence-electron chi connectivity index (χ4n) is 4.51. The van der Waals surface area contributed by atoms with Crippen molar-refractivity contribution in [2.75, 3.05) is 0 Å². The highest BCUT2D eigenvalue weighted by Gasteiger charge is 2.40. The molecule has 2 saturated carbocycles. The maximum absolute atomic E-state index is 12.2. The molecule has 2 aliphatic rings. The minimum absolute atomic E-state index is 0.130. The monoisotopic (exact) mass is 326 g/mol. The molecule has 24 heavy (non-hydrogen) atoms. The number of benzene rings is 1. The highest BCUT2D eigenvalue weighted by molar-refractivity contribution is 5.81. The lowest BCUT2D eigenvalue weighted by Crippen LogP contribution is -2.17. The van der Waals surface area contributed by atoms with Crippen molar-refractivity contribution in [2.45, 2.75) is 45.6 Å². The van der Waals surface area contributed by atoms with E-state index in [4.69, 9.17) is 9.15 Å². The molecule has 0 N–H and O–H groups in total. The summed E-state index contributed by atoms with van der Waals surface area (Å²) in [5.74, 6) is 1.89. The summed E-state index contributed by atoms with van der Waals surface area (Å²) in [6.07, 6.45) is 5.59. The van der Waals surface area contributed by atoms with Crippen LogP contribution in [0.1, 0.15) is 43.2 Å². The van der Waals surface area contributed by atoms with Crippen LogP contribution >= 0.6 is 0 Å². The van der Waals surface area contributed by atoms with E-state index in [0.29, 0.717) is 23.5 Å². The number of aryl methyl sites for hydroxylation is 1. The lowest BCUT2D eigenvalue weighted by Gasteiger charge is -2.20. The van der Waals surface area contributed by atoms with Gasteiger partial charge in [-0.15, -0.1) is 0 Å². The number of carbonyl (C=O) groups excluding carboxylic acids is 1. The van der Waals surface area contributed by atoms with Crippen LogP contribution in [0.3, 0.4) is 0 Å². The Kier molecular flexibility index (Phi) is 3.91. The fraction of sp³-hybridized carbons (Fsp3) is 0.500. The Morgan fingerprint density at radius 1 is 1.25 bits per heavy atom. The topological polar surface area (TPSA) is 56.5 Å². The van der Waals surface area contributed by atoms with Gasteiger partial charge in [0.05, 0.1) is 0 Å². The van der Waals surface area contributed by atoms with Gasteiger partial charge in [-0.05, 0) is 55.6 Å². The van der Waals surface area contributed by atoms with Crippen LogP contribution in [-0.2, 0) is 16.1 Å². The van der Waals surface area contributed by atoms with E-state index in [1.807, 2.05) is 25.1 Å². The third-order valence-electron chi connectivity index (χ3n) is 5.69. The molecule has 1 heterocycles. The molecule has 4 heteroatoms. The standard InChI is InChI=1S/C20H22O4/c1-12-2-5-17-16(10-20(22)24-18(17)6-12)11-23-19(21)9-15-8-13-3-4-14(15)7-13/h2,5-6,10,13-15H,3-4,7-9,11H2,1H3/t13-,14-,15-/m1/s1. The molecule has 2 aromatic rings. The first-order valence-corrected chi connectivity index (χ1v) is 8.77. The minimum atomic E-state index is -0.410. The van der Waals surface area contributed by atoms with E-state index in [9.17, 15) is 9.59 Å². The first-order valence-electron chi connectivity index (χ1n) is 8.77. The summed E-state index contributed by atoms with van der Waals surface area (Å²) in [6.45, 7) is 2.08. The first kappa shape index (κ1) is 15.4. The average molecular weight is 326 g/mol. The maximum Gasteiger partial charge on any atom is 0.336 e. The van der Waals surface area contributed by atoms with Gasteiger partial charge in [0.25, 0.3) is 0 Å². The zero-order chi connectivity index (χ0) is 16.7. The van der Waals surface area contributed by atoms with Crippen LogP contribution in [-0.4, -0.2) is 5.97 Å². The van der Waals surface area contributed by atoms with Crippen molar-refractivity contribution >= 4 is 16.9 Å². The van der Waals surface area contributed by atoms with E-state index in [1.165, 1.54) is 31.7 Å². The quantitative estimate of drug-likeness (QED) is 0.630. The van der Waals surface area contributed by atoms with Gasteiger partial charge in [-0.2, -0.15) is 0 Å². The molecule has 0 saturated heterocycles. The highest BCUT2D eigenvalue weighted by Crippen LogP contribution is 2.49. The molecule has 4 nitrogen and oxygen atoms in total. The smallest absolute Gasteiger partial charge is 0.336 e. The molecule has 0 spiro atoms. The Hall–Kier alpha value is -2.10. The Balaban J connectivity index is 1.44. The van der Waals surface area contributed by atoms with Crippen LogP contribution in [0.5, 0.6) is 0 Å². The van der Waals surface area contributed by atoms with Crippen LogP contribution < -0.4 is 5.63 Å². The van der Waals surface area contributed by atoms with E-state index in [-0.39, 0.29) is 12.6 Å². The molecule has 0 aliphatic heterocycles. The van der Waals surface area contributed by atoms with Crippen LogP contribution in [0.15, 0.2) is 33.5 Å². The van der Waals surface area contributed by atoms with Gasteiger partial charge in [0.15, 0.2) is 0 Å². The summed E-state index contributed by atoms with van der Waals surface area (Å²) in [5, 5.41) is 0.827.